The van der Waals surface area contributed by atoms with Crippen molar-refractivity contribution in [1.82, 2.24) is 9.97 Å². The molecule has 0 aliphatic rings. The van der Waals surface area contributed by atoms with Gasteiger partial charge in [0.05, 0.1) is 13.3 Å². The minimum atomic E-state index is 0.800. The predicted molar refractivity (Wildman–Crippen MR) is 63.4 cm³/mol. The van der Waals surface area contributed by atoms with E-state index < -0.39 is 0 Å². The normalized spacial score (nSPS) is 9.60. The minimum absolute atomic E-state index is 0.800. The van der Waals surface area contributed by atoms with Gasteiger partial charge >= 0.3 is 0 Å². The Kier molecular flexibility index (Phi) is 4.16. The molecule has 82 valence electrons. The second-order valence-corrected chi connectivity index (χ2v) is 2.96. The number of rotatable bonds is 2. The van der Waals surface area contributed by atoms with E-state index in [0.717, 1.165) is 23.2 Å². The number of hydrogen-bond donors (Lipinski definition) is 1. The van der Waals surface area contributed by atoms with Crippen molar-refractivity contribution in [2.24, 2.45) is 0 Å². The van der Waals surface area contributed by atoms with Crippen molar-refractivity contribution in [2.75, 3.05) is 7.11 Å². The number of nitrogens with one attached hydrogen (secondary N) is 1. The molecule has 0 radical (unpaired) electrons. The maximum absolute atomic E-state index is 5.09. The largest absolute Gasteiger partial charge is 0.495 e. The highest BCUT2D eigenvalue weighted by Gasteiger charge is 2.01. The van der Waals surface area contributed by atoms with Crippen LogP contribution in [0.5, 0.6) is 5.75 Å². The van der Waals surface area contributed by atoms with Crippen LogP contribution in [0.1, 0.15) is 26.5 Å². The summed E-state index contributed by atoms with van der Waals surface area (Å²) >= 11 is 0. The molecule has 0 amide bonds. The van der Waals surface area contributed by atoms with Gasteiger partial charge in [-0.1, -0.05) is 20.8 Å². The molecule has 0 saturated heterocycles. The molecule has 3 nitrogen and oxygen atoms in total. The van der Waals surface area contributed by atoms with Gasteiger partial charge in [-0.3, -0.25) is 0 Å². The van der Waals surface area contributed by atoms with E-state index in [2.05, 4.69) is 23.0 Å². The smallest absolute Gasteiger partial charge is 0.137 e. The first-order valence-corrected chi connectivity index (χ1v) is 5.35. The summed E-state index contributed by atoms with van der Waals surface area (Å²) in [6.07, 6.45) is 2.72. The number of nitrogens with zero attached hydrogens (tertiary/aromatic N) is 1. The zero-order chi connectivity index (χ0) is 11.3. The Bertz CT molecular complexity index is 418. The number of hydrogen-bond acceptors (Lipinski definition) is 2. The first-order valence-electron chi connectivity index (χ1n) is 5.35. The van der Waals surface area contributed by atoms with Crippen LogP contribution >= 0.6 is 0 Å². The van der Waals surface area contributed by atoms with Crippen LogP contribution in [0.15, 0.2) is 18.3 Å². The fourth-order valence-corrected chi connectivity index (χ4v) is 1.35. The molecule has 2 aromatic rings. The highest BCUT2D eigenvalue weighted by atomic mass is 16.5. The van der Waals surface area contributed by atoms with Crippen LogP contribution in [0.4, 0.5) is 0 Å². The molecule has 1 N–H and O–H groups in total. The van der Waals surface area contributed by atoms with Crippen LogP contribution in [0.2, 0.25) is 0 Å². The standard InChI is InChI=1S/C10H12N2O.C2H6/c1-3-8-4-7-5-9(13-2)6-11-10(7)12-8;1-2/h4-6H,3H2,1-2H3,(H,11,12);1-2H3. The predicted octanol–water partition coefficient (Wildman–Crippen LogP) is 3.16. The fourth-order valence-electron chi connectivity index (χ4n) is 1.35. The molecule has 0 aliphatic carbocycles. The van der Waals surface area contributed by atoms with Gasteiger partial charge in [0.25, 0.3) is 0 Å². The molecule has 2 rings (SSSR count). The van der Waals surface area contributed by atoms with E-state index in [-0.39, 0.29) is 0 Å². The third-order valence-electron chi connectivity index (χ3n) is 2.12. The third kappa shape index (κ3) is 2.49. The SMILES string of the molecule is CC.CCc1cc2cc(OC)cnc2[nH]1. The van der Waals surface area contributed by atoms with Crippen molar-refractivity contribution >= 4 is 11.0 Å². The first-order chi connectivity index (χ1) is 7.33. The Morgan fingerprint density at radius 3 is 2.67 bits per heavy atom. The molecule has 0 aromatic carbocycles. The Morgan fingerprint density at radius 1 is 1.33 bits per heavy atom. The molecular weight excluding hydrogens is 188 g/mol. The van der Waals surface area contributed by atoms with Gasteiger partial charge < -0.3 is 9.72 Å². The second-order valence-electron chi connectivity index (χ2n) is 2.96. The molecule has 15 heavy (non-hydrogen) atoms. The summed E-state index contributed by atoms with van der Waals surface area (Å²) in [5.41, 5.74) is 2.13. The van der Waals surface area contributed by atoms with Gasteiger partial charge in [-0.25, -0.2) is 4.98 Å². The number of aryl methyl sites for hydroxylation is 1. The van der Waals surface area contributed by atoms with Gasteiger partial charge in [-0.05, 0) is 18.6 Å². The van der Waals surface area contributed by atoms with E-state index >= 15 is 0 Å². The van der Waals surface area contributed by atoms with E-state index in [1.807, 2.05) is 19.9 Å². The zero-order valence-corrected chi connectivity index (χ0v) is 9.79. The molecule has 2 aromatic heterocycles. The molecule has 0 atom stereocenters. The first kappa shape index (κ1) is 11.6. The number of fused-ring (bicyclic) bond motifs is 1. The van der Waals surface area contributed by atoms with E-state index in [1.165, 1.54) is 5.69 Å². The van der Waals surface area contributed by atoms with Crippen LogP contribution in [0.25, 0.3) is 11.0 Å². The maximum atomic E-state index is 5.09. The van der Waals surface area contributed by atoms with Gasteiger partial charge in [-0.15, -0.1) is 0 Å². The summed E-state index contributed by atoms with van der Waals surface area (Å²) in [6.45, 7) is 6.11. The number of H-pyrrole nitrogens is 1. The van der Waals surface area contributed by atoms with Crippen LogP contribution in [-0.2, 0) is 6.42 Å². The van der Waals surface area contributed by atoms with Gasteiger partial charge in [0.15, 0.2) is 0 Å². The van der Waals surface area contributed by atoms with E-state index in [4.69, 9.17) is 4.74 Å². The van der Waals surface area contributed by atoms with Crippen molar-refractivity contribution < 1.29 is 4.74 Å². The molecule has 2 heterocycles. The van der Waals surface area contributed by atoms with Crippen LogP contribution in [0, 0.1) is 0 Å². The number of methoxy groups -OCH3 is 1. The topological polar surface area (TPSA) is 37.9 Å². The van der Waals surface area contributed by atoms with Gasteiger partial charge in [0.1, 0.15) is 11.4 Å². The van der Waals surface area contributed by atoms with Crippen molar-refractivity contribution in [2.45, 2.75) is 27.2 Å². The summed E-state index contributed by atoms with van der Waals surface area (Å²) in [4.78, 5) is 7.47. The monoisotopic (exact) mass is 206 g/mol. The van der Waals surface area contributed by atoms with Gasteiger partial charge in [0, 0.05) is 11.1 Å². The molecule has 0 spiro atoms. The zero-order valence-electron chi connectivity index (χ0n) is 9.79. The molecule has 0 bridgehead atoms. The second kappa shape index (κ2) is 5.39. The quantitative estimate of drug-likeness (QED) is 0.819. The summed E-state index contributed by atoms with van der Waals surface area (Å²) in [6, 6.07) is 4.09. The van der Waals surface area contributed by atoms with Crippen LogP contribution < -0.4 is 4.74 Å². The number of aromatic nitrogens is 2. The van der Waals surface area contributed by atoms with Gasteiger partial charge in [-0.2, -0.15) is 0 Å². The molecule has 3 heteroatoms. The molecule has 0 aliphatic heterocycles. The summed E-state index contributed by atoms with van der Waals surface area (Å²) in [5.74, 6) is 0.800. The lowest BCUT2D eigenvalue weighted by atomic mass is 10.3. The molecular formula is C12H18N2O. The van der Waals surface area contributed by atoms with Crippen molar-refractivity contribution in [3.05, 3.63) is 24.0 Å². The maximum Gasteiger partial charge on any atom is 0.137 e. The molecule has 0 fully saturated rings. The van der Waals surface area contributed by atoms with Crippen molar-refractivity contribution in [1.29, 1.82) is 0 Å². The Balaban J connectivity index is 0.000000531. The molecule has 0 unspecified atom stereocenters. The highest BCUT2D eigenvalue weighted by Crippen LogP contribution is 2.18. The molecule has 0 saturated carbocycles. The van der Waals surface area contributed by atoms with Crippen molar-refractivity contribution in [3.8, 4) is 5.75 Å². The fraction of sp³-hybridized carbons (Fsp3) is 0.417. The lowest BCUT2D eigenvalue weighted by molar-refractivity contribution is 0.413. The van der Waals surface area contributed by atoms with E-state index in [0.29, 0.717) is 0 Å². The summed E-state index contributed by atoms with van der Waals surface area (Å²) in [5, 5.41) is 1.11. The Hall–Kier alpha value is -1.51. The number of ether oxygens (including phenoxy) is 1. The average molecular weight is 206 g/mol. The van der Waals surface area contributed by atoms with E-state index in [1.54, 1.807) is 13.3 Å². The Morgan fingerprint density at radius 2 is 2.07 bits per heavy atom. The summed E-state index contributed by atoms with van der Waals surface area (Å²) in [7, 11) is 1.65. The number of pyridine rings is 1. The third-order valence-corrected chi connectivity index (χ3v) is 2.12. The highest BCUT2D eigenvalue weighted by molar-refractivity contribution is 5.77. The Labute approximate surface area is 90.5 Å². The van der Waals surface area contributed by atoms with E-state index in [9.17, 15) is 0 Å². The van der Waals surface area contributed by atoms with Crippen molar-refractivity contribution in [3.63, 3.8) is 0 Å². The number of aromatic amines is 1. The van der Waals surface area contributed by atoms with Gasteiger partial charge in [0.2, 0.25) is 0 Å². The lowest BCUT2D eigenvalue weighted by Gasteiger charge is -1.96. The van der Waals surface area contributed by atoms with Crippen LogP contribution in [0.3, 0.4) is 0 Å². The minimum Gasteiger partial charge on any atom is -0.495 e. The lowest BCUT2D eigenvalue weighted by Crippen LogP contribution is -1.83. The average Bonchev–Trinajstić information content (AvgIpc) is 2.73. The summed E-state index contributed by atoms with van der Waals surface area (Å²) < 4.78 is 5.09. The van der Waals surface area contributed by atoms with Crippen LogP contribution in [-0.4, -0.2) is 17.1 Å².